The second-order valence-corrected chi connectivity index (χ2v) is 7.15. The van der Waals surface area contributed by atoms with Gasteiger partial charge in [-0.2, -0.15) is 5.10 Å². The van der Waals surface area contributed by atoms with Crippen LogP contribution in [-0.2, 0) is 6.42 Å². The van der Waals surface area contributed by atoms with Gasteiger partial charge >= 0.3 is 0 Å². The monoisotopic (exact) mass is 383 g/mol. The fourth-order valence-electron chi connectivity index (χ4n) is 3.27. The van der Waals surface area contributed by atoms with Crippen molar-refractivity contribution in [3.8, 4) is 0 Å². The molecule has 0 aliphatic carbocycles. The molecule has 0 N–H and O–H groups in total. The number of benzene rings is 2. The van der Waals surface area contributed by atoms with E-state index in [1.165, 1.54) is 5.56 Å². The van der Waals surface area contributed by atoms with Gasteiger partial charge in [0.25, 0.3) is 5.91 Å². The van der Waals surface area contributed by atoms with Crippen molar-refractivity contribution in [2.45, 2.75) is 19.8 Å². The summed E-state index contributed by atoms with van der Waals surface area (Å²) in [5.74, 6) is 0.0590. The summed E-state index contributed by atoms with van der Waals surface area (Å²) in [5.41, 5.74) is 5.14. The molecule has 0 bridgehead atoms. The van der Waals surface area contributed by atoms with Gasteiger partial charge in [-0.05, 0) is 61.4 Å². The molecule has 0 spiro atoms. The molecule has 0 aromatic heterocycles. The fraction of sp³-hybridized carbons (Fsp3) is 0.263. The number of hydrogen-bond acceptors (Lipinski definition) is 3. The van der Waals surface area contributed by atoms with E-state index in [1.54, 1.807) is 0 Å². The first kappa shape index (κ1) is 15.4. The second kappa shape index (κ2) is 6.06. The number of nitrogens with zero attached hydrogens (tertiary/aromatic N) is 3. The molecule has 2 aliphatic rings. The Kier molecular flexibility index (Phi) is 3.88. The Morgan fingerprint density at radius 1 is 1.08 bits per heavy atom. The Morgan fingerprint density at radius 2 is 1.88 bits per heavy atom. The third kappa shape index (κ3) is 2.73. The van der Waals surface area contributed by atoms with E-state index in [0.29, 0.717) is 0 Å². The van der Waals surface area contributed by atoms with Gasteiger partial charge in [-0.15, -0.1) is 0 Å². The average Bonchev–Trinajstić information content (AvgIpc) is 3.20. The Balaban J connectivity index is 1.56. The molecule has 1 amide bonds. The first-order valence-electron chi connectivity index (χ1n) is 8.14. The number of rotatable bonds is 2. The molecule has 0 atom stereocenters. The van der Waals surface area contributed by atoms with Crippen LogP contribution < -0.4 is 9.91 Å². The molecule has 2 heterocycles. The van der Waals surface area contributed by atoms with Crippen molar-refractivity contribution in [3.63, 3.8) is 0 Å². The molecule has 122 valence electrons. The standard InChI is InChI=1S/C19H18BrN3O/c1-13-8-11-23(21-13)17-5-2-14(3-6-17)19(24)22-10-9-15-12-16(20)4-7-18(15)22/h2-7,12H,8-11H2,1H3. The van der Waals surface area contributed by atoms with Crippen molar-refractivity contribution < 1.29 is 4.79 Å². The zero-order valence-electron chi connectivity index (χ0n) is 13.5. The van der Waals surface area contributed by atoms with Crippen LogP contribution in [0.3, 0.4) is 0 Å². The van der Waals surface area contributed by atoms with E-state index in [4.69, 9.17) is 0 Å². The molecule has 0 saturated heterocycles. The first-order valence-corrected chi connectivity index (χ1v) is 8.93. The van der Waals surface area contributed by atoms with Crippen molar-refractivity contribution in [3.05, 3.63) is 58.1 Å². The van der Waals surface area contributed by atoms with Crippen LogP contribution >= 0.6 is 15.9 Å². The van der Waals surface area contributed by atoms with Crippen LogP contribution in [0.4, 0.5) is 11.4 Å². The lowest BCUT2D eigenvalue weighted by Gasteiger charge is -2.18. The van der Waals surface area contributed by atoms with E-state index in [9.17, 15) is 4.79 Å². The maximum absolute atomic E-state index is 12.9. The Hall–Kier alpha value is -2.14. The molecular weight excluding hydrogens is 366 g/mol. The number of halogens is 1. The molecular formula is C19H18BrN3O. The van der Waals surface area contributed by atoms with Crippen LogP contribution in [-0.4, -0.2) is 24.7 Å². The number of carbonyl (C=O) groups excluding carboxylic acids is 1. The smallest absolute Gasteiger partial charge is 0.258 e. The number of amides is 1. The average molecular weight is 384 g/mol. The van der Waals surface area contributed by atoms with Crippen molar-refractivity contribution in [2.75, 3.05) is 23.0 Å². The number of anilines is 2. The normalized spacial score (nSPS) is 16.3. The highest BCUT2D eigenvalue weighted by Crippen LogP contribution is 2.32. The van der Waals surface area contributed by atoms with Crippen LogP contribution in [0.25, 0.3) is 0 Å². The third-order valence-electron chi connectivity index (χ3n) is 4.57. The molecule has 2 aromatic rings. The van der Waals surface area contributed by atoms with Gasteiger partial charge in [0.1, 0.15) is 0 Å². The summed E-state index contributed by atoms with van der Waals surface area (Å²) in [7, 11) is 0. The fourth-order valence-corrected chi connectivity index (χ4v) is 3.68. The molecule has 24 heavy (non-hydrogen) atoms. The summed E-state index contributed by atoms with van der Waals surface area (Å²) >= 11 is 3.49. The van der Waals surface area contributed by atoms with E-state index >= 15 is 0 Å². The highest BCUT2D eigenvalue weighted by atomic mass is 79.9. The van der Waals surface area contributed by atoms with Crippen LogP contribution in [0.2, 0.25) is 0 Å². The molecule has 0 fully saturated rings. The summed E-state index contributed by atoms with van der Waals surface area (Å²) in [5, 5.41) is 6.49. The number of hydrogen-bond donors (Lipinski definition) is 0. The van der Waals surface area contributed by atoms with E-state index in [0.717, 1.165) is 53.1 Å². The summed E-state index contributed by atoms with van der Waals surface area (Å²) < 4.78 is 1.06. The molecule has 4 rings (SSSR count). The summed E-state index contributed by atoms with van der Waals surface area (Å²) in [6.45, 7) is 3.69. The van der Waals surface area contributed by atoms with Crippen molar-refractivity contribution in [1.29, 1.82) is 0 Å². The summed E-state index contributed by atoms with van der Waals surface area (Å²) in [4.78, 5) is 14.7. The molecule has 0 saturated carbocycles. The van der Waals surface area contributed by atoms with Gasteiger partial charge in [0.2, 0.25) is 0 Å². The zero-order chi connectivity index (χ0) is 16.7. The second-order valence-electron chi connectivity index (χ2n) is 6.24. The quantitative estimate of drug-likeness (QED) is 0.777. The maximum Gasteiger partial charge on any atom is 0.258 e. The van der Waals surface area contributed by atoms with Crippen molar-refractivity contribution in [2.24, 2.45) is 5.10 Å². The minimum atomic E-state index is 0.0590. The van der Waals surface area contributed by atoms with Gasteiger partial charge in [0, 0.05) is 40.9 Å². The lowest BCUT2D eigenvalue weighted by atomic mass is 10.1. The summed E-state index contributed by atoms with van der Waals surface area (Å²) in [6.07, 6.45) is 1.90. The topological polar surface area (TPSA) is 35.9 Å². The first-order chi connectivity index (χ1) is 11.6. The van der Waals surface area contributed by atoms with Crippen LogP contribution in [0, 0.1) is 0 Å². The van der Waals surface area contributed by atoms with Crippen molar-refractivity contribution >= 4 is 38.9 Å². The number of carbonyl (C=O) groups is 1. The van der Waals surface area contributed by atoms with Crippen LogP contribution in [0.1, 0.15) is 29.3 Å². The van der Waals surface area contributed by atoms with Gasteiger partial charge in [-0.3, -0.25) is 9.80 Å². The van der Waals surface area contributed by atoms with E-state index in [2.05, 4.69) is 27.1 Å². The SMILES string of the molecule is CC1=NN(c2ccc(C(=O)N3CCc4cc(Br)ccc43)cc2)CC1. The molecule has 2 aliphatic heterocycles. The van der Waals surface area contributed by atoms with Crippen LogP contribution in [0.5, 0.6) is 0 Å². The molecule has 0 unspecified atom stereocenters. The Morgan fingerprint density at radius 3 is 2.58 bits per heavy atom. The minimum Gasteiger partial charge on any atom is -0.308 e. The largest absolute Gasteiger partial charge is 0.308 e. The summed E-state index contributed by atoms with van der Waals surface area (Å²) in [6, 6.07) is 13.9. The lowest BCUT2D eigenvalue weighted by Crippen LogP contribution is -2.28. The van der Waals surface area contributed by atoms with Gasteiger partial charge < -0.3 is 4.90 Å². The highest BCUT2D eigenvalue weighted by molar-refractivity contribution is 9.10. The minimum absolute atomic E-state index is 0.0590. The number of hydrazone groups is 1. The van der Waals surface area contributed by atoms with E-state index < -0.39 is 0 Å². The molecule has 2 aromatic carbocycles. The van der Waals surface area contributed by atoms with E-state index in [-0.39, 0.29) is 5.91 Å². The zero-order valence-corrected chi connectivity index (χ0v) is 15.1. The Bertz CT molecular complexity index is 829. The molecule has 5 heteroatoms. The lowest BCUT2D eigenvalue weighted by molar-refractivity contribution is 0.0989. The molecule has 4 nitrogen and oxygen atoms in total. The maximum atomic E-state index is 12.9. The Labute approximate surface area is 149 Å². The predicted octanol–water partition coefficient (Wildman–Crippen LogP) is 4.24. The predicted molar refractivity (Wildman–Crippen MR) is 101 cm³/mol. The highest BCUT2D eigenvalue weighted by Gasteiger charge is 2.25. The van der Waals surface area contributed by atoms with Gasteiger partial charge in [-0.25, -0.2) is 0 Å². The third-order valence-corrected chi connectivity index (χ3v) is 5.06. The van der Waals surface area contributed by atoms with Gasteiger partial charge in [-0.1, -0.05) is 15.9 Å². The van der Waals surface area contributed by atoms with Gasteiger partial charge in [0.05, 0.1) is 5.69 Å². The number of fused-ring (bicyclic) bond motifs is 1. The van der Waals surface area contributed by atoms with Gasteiger partial charge in [0.15, 0.2) is 0 Å². The van der Waals surface area contributed by atoms with E-state index in [1.807, 2.05) is 53.2 Å². The van der Waals surface area contributed by atoms with Crippen molar-refractivity contribution in [1.82, 2.24) is 0 Å². The van der Waals surface area contributed by atoms with Crippen LogP contribution in [0.15, 0.2) is 52.0 Å². The molecule has 0 radical (unpaired) electrons.